The highest BCUT2D eigenvalue weighted by molar-refractivity contribution is 6.04. The Labute approximate surface area is 211 Å². The molecule has 0 aliphatic rings. The fourth-order valence-electron chi connectivity index (χ4n) is 4.50. The average molecular weight is 477 g/mol. The van der Waals surface area contributed by atoms with Crippen molar-refractivity contribution >= 4 is 11.6 Å². The third-order valence-corrected chi connectivity index (χ3v) is 6.34. The third-order valence-electron chi connectivity index (χ3n) is 6.34. The minimum absolute atomic E-state index is 0.165. The zero-order chi connectivity index (χ0) is 25.6. The molecule has 0 radical (unpaired) electrons. The third kappa shape index (κ3) is 5.10. The first-order chi connectivity index (χ1) is 17.3. The van der Waals surface area contributed by atoms with Gasteiger partial charge >= 0.3 is 0 Å². The molecule has 2 atom stereocenters. The second-order valence-electron chi connectivity index (χ2n) is 8.95. The van der Waals surface area contributed by atoms with Crippen LogP contribution in [-0.2, 0) is 11.2 Å². The predicted octanol–water partition coefficient (Wildman–Crippen LogP) is 5.86. The summed E-state index contributed by atoms with van der Waals surface area (Å²) >= 11 is 0. The van der Waals surface area contributed by atoms with E-state index >= 15 is 0 Å². The Balaban J connectivity index is 1.71. The van der Waals surface area contributed by atoms with Crippen molar-refractivity contribution in [3.63, 3.8) is 0 Å². The number of hydrogen-bond donors (Lipinski definition) is 2. The number of Topliss-reactive ketones (excluding diaryl/α,β-unsaturated/α-hetero) is 2. The Morgan fingerprint density at radius 2 is 0.806 bits per heavy atom. The molecule has 180 valence electrons. The monoisotopic (exact) mass is 476 g/mol. The Hall–Kier alpha value is -4.12. The first-order valence-corrected chi connectivity index (χ1v) is 11.8. The van der Waals surface area contributed by atoms with Crippen LogP contribution in [0.5, 0.6) is 0 Å². The van der Waals surface area contributed by atoms with Crippen molar-refractivity contribution in [2.75, 3.05) is 0 Å². The van der Waals surface area contributed by atoms with Crippen molar-refractivity contribution in [2.45, 2.75) is 24.0 Å². The van der Waals surface area contributed by atoms with Gasteiger partial charge in [-0.3, -0.25) is 9.59 Å². The van der Waals surface area contributed by atoms with Crippen LogP contribution in [0.1, 0.15) is 44.7 Å². The van der Waals surface area contributed by atoms with E-state index in [4.69, 9.17) is 0 Å². The molecule has 0 spiro atoms. The molecule has 2 N–H and O–H groups in total. The van der Waals surface area contributed by atoms with Crippen LogP contribution >= 0.6 is 0 Å². The van der Waals surface area contributed by atoms with Crippen LogP contribution in [0.4, 0.5) is 0 Å². The Morgan fingerprint density at radius 1 is 0.528 bits per heavy atom. The number of carbonyl (C=O) groups is 2. The van der Waals surface area contributed by atoms with Crippen LogP contribution in [0.2, 0.25) is 0 Å². The Kier molecular flexibility index (Phi) is 7.39. The molecule has 0 heterocycles. The van der Waals surface area contributed by atoms with Gasteiger partial charge < -0.3 is 10.2 Å². The quantitative estimate of drug-likeness (QED) is 0.222. The molecule has 0 bridgehead atoms. The number of benzene rings is 4. The van der Waals surface area contributed by atoms with Crippen LogP contribution in [0.3, 0.4) is 0 Å². The summed E-state index contributed by atoms with van der Waals surface area (Å²) in [4.78, 5) is 27.1. The highest BCUT2D eigenvalue weighted by Crippen LogP contribution is 2.38. The number of ketones is 2. The molecule has 4 heteroatoms. The highest BCUT2D eigenvalue weighted by Gasteiger charge is 2.43. The first kappa shape index (κ1) is 25.0. The second kappa shape index (κ2) is 10.6. The molecule has 36 heavy (non-hydrogen) atoms. The molecule has 4 rings (SSSR count). The molecule has 0 fully saturated rings. The molecule has 4 aromatic carbocycles. The van der Waals surface area contributed by atoms with Crippen LogP contribution < -0.4 is 0 Å². The summed E-state index contributed by atoms with van der Waals surface area (Å²) in [6.45, 7) is 4.10. The predicted molar refractivity (Wildman–Crippen MR) is 141 cm³/mol. The largest absolute Gasteiger partial charge is 0.377 e. The highest BCUT2D eigenvalue weighted by atomic mass is 16.3. The molecule has 0 aliphatic heterocycles. The molecule has 0 amide bonds. The molecule has 4 aromatic rings. The van der Waals surface area contributed by atoms with Crippen LogP contribution in [0.25, 0.3) is 0 Å². The van der Waals surface area contributed by atoms with Crippen molar-refractivity contribution in [3.05, 3.63) is 156 Å². The zero-order valence-corrected chi connectivity index (χ0v) is 19.9. The van der Waals surface area contributed by atoms with Crippen LogP contribution in [0, 0.1) is 0 Å². The molecule has 0 aromatic heterocycles. The minimum Gasteiger partial charge on any atom is -0.377 e. The van der Waals surface area contributed by atoms with E-state index in [-0.39, 0.29) is 12.8 Å². The molecular formula is C32H28O4. The molecule has 0 saturated heterocycles. The molecule has 4 nitrogen and oxygen atoms in total. The number of aliphatic hydroxyl groups is 2. The lowest BCUT2D eigenvalue weighted by Gasteiger charge is -2.32. The van der Waals surface area contributed by atoms with E-state index in [1.165, 1.54) is 0 Å². The lowest BCUT2D eigenvalue weighted by molar-refractivity contribution is 0.0196. The van der Waals surface area contributed by atoms with Gasteiger partial charge in [0.25, 0.3) is 0 Å². The van der Waals surface area contributed by atoms with E-state index in [0.717, 1.165) is 0 Å². The summed E-state index contributed by atoms with van der Waals surface area (Å²) in [5, 5.41) is 23.6. The van der Waals surface area contributed by atoms with Gasteiger partial charge in [0.05, 0.1) is 0 Å². The van der Waals surface area contributed by atoms with Gasteiger partial charge in [-0.05, 0) is 11.1 Å². The number of rotatable bonds is 10. The van der Waals surface area contributed by atoms with E-state index < -0.39 is 22.8 Å². The number of carbonyl (C=O) groups excluding carboxylic acids is 2. The Bertz CT molecular complexity index is 1230. The molecule has 0 saturated carbocycles. The average Bonchev–Trinajstić information content (AvgIpc) is 2.94. The first-order valence-electron chi connectivity index (χ1n) is 11.8. The topological polar surface area (TPSA) is 74.6 Å². The van der Waals surface area contributed by atoms with E-state index in [1.54, 1.807) is 121 Å². The van der Waals surface area contributed by atoms with E-state index in [0.29, 0.717) is 27.8 Å². The maximum atomic E-state index is 13.6. The van der Waals surface area contributed by atoms with Crippen molar-refractivity contribution in [1.29, 1.82) is 0 Å². The van der Waals surface area contributed by atoms with Crippen molar-refractivity contribution in [2.24, 2.45) is 0 Å². The van der Waals surface area contributed by atoms with Gasteiger partial charge in [-0.2, -0.15) is 0 Å². The summed E-state index contributed by atoms with van der Waals surface area (Å²) in [6, 6.07) is 34.5. The molecular weight excluding hydrogens is 448 g/mol. The lowest BCUT2D eigenvalue weighted by Crippen LogP contribution is -2.39. The van der Waals surface area contributed by atoms with Crippen molar-refractivity contribution < 1.29 is 19.8 Å². The van der Waals surface area contributed by atoms with E-state index in [9.17, 15) is 19.8 Å². The van der Waals surface area contributed by atoms with Gasteiger partial charge in [-0.1, -0.05) is 133 Å². The van der Waals surface area contributed by atoms with Gasteiger partial charge in [0.1, 0.15) is 0 Å². The number of hydrogen-bond acceptors (Lipinski definition) is 4. The molecule has 0 aliphatic carbocycles. The fourth-order valence-corrected chi connectivity index (χ4v) is 4.50. The van der Waals surface area contributed by atoms with Crippen molar-refractivity contribution in [3.8, 4) is 0 Å². The Morgan fingerprint density at radius 3 is 1.11 bits per heavy atom. The van der Waals surface area contributed by atoms with Crippen LogP contribution in [0.15, 0.2) is 133 Å². The fraction of sp³-hybridized carbons (Fsp3) is 0.125. The minimum atomic E-state index is -1.92. The zero-order valence-electron chi connectivity index (χ0n) is 19.9. The van der Waals surface area contributed by atoms with E-state index in [1.807, 2.05) is 0 Å². The summed E-state index contributed by atoms with van der Waals surface area (Å²) in [6.07, 6.45) is -0.329. The summed E-state index contributed by atoms with van der Waals surface area (Å²) in [7, 11) is 0. The standard InChI is InChI=1S/C32H28O4/c1-24(22-31(35,27-18-10-4-11-19-27)29(33)25-14-6-2-7-15-25)23-32(36,28-20-12-5-13-21-28)30(34)26-16-8-3-9-17-26/h2-21,35-36H,1,22-23H2. The summed E-state index contributed by atoms with van der Waals surface area (Å²) in [5.41, 5.74) is -1.94. The maximum Gasteiger partial charge on any atom is 0.199 e. The lowest BCUT2D eigenvalue weighted by atomic mass is 9.76. The van der Waals surface area contributed by atoms with Gasteiger partial charge in [-0.15, -0.1) is 0 Å². The SMILES string of the molecule is C=C(CC(O)(C(=O)c1ccccc1)c1ccccc1)CC(O)(C(=O)c1ccccc1)c1ccccc1. The van der Waals surface area contributed by atoms with Crippen LogP contribution in [-0.4, -0.2) is 21.8 Å². The van der Waals surface area contributed by atoms with Crippen molar-refractivity contribution in [1.82, 2.24) is 0 Å². The van der Waals surface area contributed by atoms with Gasteiger partial charge in [-0.25, -0.2) is 0 Å². The van der Waals surface area contributed by atoms with Gasteiger partial charge in [0, 0.05) is 24.0 Å². The molecule has 2 unspecified atom stereocenters. The summed E-state index contributed by atoms with van der Waals surface area (Å²) in [5.74, 6) is -0.957. The second-order valence-corrected chi connectivity index (χ2v) is 8.95. The van der Waals surface area contributed by atoms with E-state index in [2.05, 4.69) is 6.58 Å². The maximum absolute atomic E-state index is 13.6. The van der Waals surface area contributed by atoms with Gasteiger partial charge in [0.2, 0.25) is 0 Å². The summed E-state index contributed by atoms with van der Waals surface area (Å²) < 4.78 is 0. The normalized spacial score (nSPS) is 14.3. The van der Waals surface area contributed by atoms with Gasteiger partial charge in [0.15, 0.2) is 22.8 Å². The smallest absolute Gasteiger partial charge is 0.199 e.